The number of benzene rings is 4. The molecule has 0 aromatic heterocycles. The van der Waals surface area contributed by atoms with Crippen LogP contribution in [-0.2, 0) is 12.8 Å². The fourth-order valence-electron chi connectivity index (χ4n) is 6.27. The van der Waals surface area contributed by atoms with Crippen molar-refractivity contribution in [3.05, 3.63) is 102 Å². The molecule has 4 aromatic carbocycles. The van der Waals surface area contributed by atoms with Gasteiger partial charge in [0.25, 0.3) is 11.8 Å². The zero-order valence-electron chi connectivity index (χ0n) is 24.8. The molecule has 1 N–H and O–H groups in total. The molecule has 0 spiro atoms. The summed E-state index contributed by atoms with van der Waals surface area (Å²) in [4.78, 5) is 46.8. The smallest absolute Gasteiger partial charge is 0.260 e. The van der Waals surface area contributed by atoms with Gasteiger partial charge in [-0.3, -0.25) is 19.4 Å². The number of carbonyl (C=O) groups excluding carboxylic acids is 2. The Morgan fingerprint density at radius 3 is 2.36 bits per heavy atom. The molecule has 0 saturated carbocycles. The van der Waals surface area contributed by atoms with Crippen LogP contribution in [0.25, 0.3) is 0 Å². The molecule has 0 bridgehead atoms. The highest BCUT2D eigenvalue weighted by molar-refractivity contribution is 6.12. The zero-order valence-corrected chi connectivity index (χ0v) is 24.8. The number of anilines is 3. The summed E-state index contributed by atoms with van der Waals surface area (Å²) in [5, 5.41) is 3.40. The Morgan fingerprint density at radius 1 is 0.911 bits per heavy atom. The lowest BCUT2D eigenvalue weighted by molar-refractivity contribution is -0.103. The predicted octanol–water partition coefficient (Wildman–Crippen LogP) is 5.76. The second-order valence-electron chi connectivity index (χ2n) is 10.9. The minimum absolute atomic E-state index is 0.0164. The third kappa shape index (κ3) is 4.81. The minimum atomic E-state index is -0.231. The van der Waals surface area contributed by atoms with E-state index in [9.17, 15) is 9.59 Å². The van der Waals surface area contributed by atoms with Gasteiger partial charge >= 0.3 is 0 Å². The highest BCUT2D eigenvalue weighted by atomic mass is 17.2. The fraction of sp³-hybridized carbons (Fsp3) is 0.200. The first-order chi connectivity index (χ1) is 22.0. The number of nitrogens with zero attached hydrogens (tertiary/aromatic N) is 3. The molecular formula is C35H30N4O6. The summed E-state index contributed by atoms with van der Waals surface area (Å²) in [7, 11) is 2.96. The minimum Gasteiger partial charge on any atom is -0.493 e. The van der Waals surface area contributed by atoms with E-state index < -0.39 is 0 Å². The first-order valence-corrected chi connectivity index (χ1v) is 14.6. The van der Waals surface area contributed by atoms with Gasteiger partial charge in [-0.25, -0.2) is 4.99 Å². The predicted molar refractivity (Wildman–Crippen MR) is 171 cm³/mol. The maximum Gasteiger partial charge on any atom is 0.260 e. The average Bonchev–Trinajstić information content (AvgIpc) is 3.64. The topological polar surface area (TPSA) is 102 Å². The Labute approximate surface area is 260 Å². The molecule has 3 heterocycles. The van der Waals surface area contributed by atoms with Crippen LogP contribution in [0, 0.1) is 0 Å². The number of hydrogen-bond acceptors (Lipinski definition) is 8. The molecular weight excluding hydrogens is 572 g/mol. The number of methoxy groups -OCH3 is 2. The van der Waals surface area contributed by atoms with E-state index in [0.29, 0.717) is 41.3 Å². The van der Waals surface area contributed by atoms with Gasteiger partial charge in [-0.15, -0.1) is 0 Å². The number of hydrogen-bond donors (Lipinski definition) is 1. The second-order valence-corrected chi connectivity index (χ2v) is 10.9. The first kappa shape index (κ1) is 28.1. The quantitative estimate of drug-likeness (QED) is 0.163. The number of carbonyl (C=O) groups is 2. The molecule has 0 radical (unpaired) electrons. The van der Waals surface area contributed by atoms with Gasteiger partial charge in [0, 0.05) is 36.6 Å². The zero-order chi connectivity index (χ0) is 31.1. The summed E-state index contributed by atoms with van der Waals surface area (Å²) in [5.74, 6) is 3.14. The Bertz CT molecular complexity index is 1900. The lowest BCUT2D eigenvalue weighted by Crippen LogP contribution is -2.39. The Morgan fingerprint density at radius 2 is 1.60 bits per heavy atom. The van der Waals surface area contributed by atoms with Crippen LogP contribution in [0.3, 0.4) is 0 Å². The molecule has 7 rings (SSSR count). The summed E-state index contributed by atoms with van der Waals surface area (Å²) in [6.07, 6.45) is 1.54. The van der Waals surface area contributed by atoms with Crippen molar-refractivity contribution in [2.24, 2.45) is 4.99 Å². The van der Waals surface area contributed by atoms with Gasteiger partial charge in [0.15, 0.2) is 11.5 Å². The molecule has 0 fully saturated rings. The number of nitrogens with one attached hydrogen (secondary N) is 1. The fourth-order valence-corrected chi connectivity index (χ4v) is 6.27. The van der Waals surface area contributed by atoms with Crippen molar-refractivity contribution in [2.45, 2.75) is 18.9 Å². The monoisotopic (exact) mass is 602 g/mol. The highest BCUT2D eigenvalue weighted by Gasteiger charge is 2.38. The summed E-state index contributed by atoms with van der Waals surface area (Å²) < 4.78 is 11.2. The Hall–Kier alpha value is -5.73. The summed E-state index contributed by atoms with van der Waals surface area (Å²) in [6, 6.07) is 22.2. The molecule has 10 nitrogen and oxygen atoms in total. The number of para-hydroxylation sites is 2. The van der Waals surface area contributed by atoms with Gasteiger partial charge in [0.05, 0.1) is 42.8 Å². The maximum absolute atomic E-state index is 13.8. The van der Waals surface area contributed by atoms with Crippen LogP contribution >= 0.6 is 0 Å². The lowest BCUT2D eigenvalue weighted by atomic mass is 10.1. The highest BCUT2D eigenvalue weighted by Crippen LogP contribution is 2.42. The van der Waals surface area contributed by atoms with E-state index in [4.69, 9.17) is 19.2 Å². The van der Waals surface area contributed by atoms with Crippen LogP contribution in [0.15, 0.2) is 84.4 Å². The molecule has 4 aromatic rings. The van der Waals surface area contributed by atoms with Crippen LogP contribution in [0.5, 0.6) is 23.0 Å². The summed E-state index contributed by atoms with van der Waals surface area (Å²) in [6.45, 7) is 4.71. The van der Waals surface area contributed by atoms with Crippen molar-refractivity contribution in [3.8, 4) is 23.0 Å². The van der Waals surface area contributed by atoms with Crippen molar-refractivity contribution in [3.63, 3.8) is 0 Å². The largest absolute Gasteiger partial charge is 0.493 e. The molecule has 0 aliphatic carbocycles. The SMILES string of the molecule is C=C=Nc1cc(OOc2cc3c(cc2OC)C(=O)N2c4ccccc4C[C@H]2CN3)c(OC)cc1C(=O)N1CCc2ccccc21. The van der Waals surface area contributed by atoms with E-state index in [1.807, 2.05) is 47.4 Å². The molecule has 2 amide bonds. The van der Waals surface area contributed by atoms with Crippen LogP contribution in [0.4, 0.5) is 22.7 Å². The maximum atomic E-state index is 13.8. The van der Waals surface area contributed by atoms with Gasteiger partial charge < -0.3 is 24.6 Å². The third-order valence-electron chi connectivity index (χ3n) is 8.42. The number of amides is 2. The van der Waals surface area contributed by atoms with Crippen LogP contribution in [-0.4, -0.2) is 51.0 Å². The van der Waals surface area contributed by atoms with E-state index in [-0.39, 0.29) is 35.1 Å². The van der Waals surface area contributed by atoms with Crippen molar-refractivity contribution < 1.29 is 28.8 Å². The van der Waals surface area contributed by atoms with Crippen molar-refractivity contribution >= 4 is 40.4 Å². The van der Waals surface area contributed by atoms with Crippen molar-refractivity contribution in [1.29, 1.82) is 0 Å². The van der Waals surface area contributed by atoms with E-state index >= 15 is 0 Å². The molecule has 1 atom stereocenters. The molecule has 0 saturated heterocycles. The van der Waals surface area contributed by atoms with Crippen molar-refractivity contribution in [2.75, 3.05) is 42.4 Å². The van der Waals surface area contributed by atoms with Crippen LogP contribution < -0.4 is 34.4 Å². The molecule has 3 aliphatic rings. The molecule has 45 heavy (non-hydrogen) atoms. The van der Waals surface area contributed by atoms with Crippen LogP contribution in [0.2, 0.25) is 0 Å². The van der Waals surface area contributed by atoms with Gasteiger partial charge in [-0.05, 0) is 60.7 Å². The summed E-state index contributed by atoms with van der Waals surface area (Å²) in [5.41, 5.74) is 5.70. The number of rotatable bonds is 7. The lowest BCUT2D eigenvalue weighted by Gasteiger charge is -2.22. The van der Waals surface area contributed by atoms with Crippen LogP contribution in [0.1, 0.15) is 31.8 Å². The number of fused-ring (bicyclic) bond motifs is 5. The first-order valence-electron chi connectivity index (χ1n) is 14.6. The van der Waals surface area contributed by atoms with E-state index in [0.717, 1.165) is 35.3 Å². The standard InChI is InChI=1S/C35H30N4O6/c1-4-36-26-18-32(30(42-2)16-24(26)34(40)38-14-13-21-9-5-7-11-28(21)38)44-45-33-19-27-25(17-31(33)43-3)35(41)39-23(20-37-27)15-22-10-6-8-12-29(22)39/h5-12,16-19,23,37H,1,13-15,20H2,2-3H3/t23-/m0/s1. The average molecular weight is 603 g/mol. The molecule has 3 aliphatic heterocycles. The molecule has 10 heteroatoms. The number of ether oxygens (including phenoxy) is 2. The molecule has 226 valence electrons. The number of aliphatic imine (C=N–C) groups is 1. The Balaban J connectivity index is 1.18. The van der Waals surface area contributed by atoms with Gasteiger partial charge in [-0.2, -0.15) is 0 Å². The second kappa shape index (κ2) is 11.4. The van der Waals surface area contributed by atoms with E-state index in [1.165, 1.54) is 20.3 Å². The normalized spacial score (nSPS) is 15.9. The molecule has 0 unspecified atom stereocenters. The van der Waals surface area contributed by atoms with Gasteiger partial charge in [0.2, 0.25) is 11.5 Å². The van der Waals surface area contributed by atoms with Gasteiger partial charge in [0.1, 0.15) is 0 Å². The van der Waals surface area contributed by atoms with Gasteiger partial charge in [-0.1, -0.05) is 36.4 Å². The van der Waals surface area contributed by atoms with E-state index in [2.05, 4.69) is 28.8 Å². The van der Waals surface area contributed by atoms with E-state index in [1.54, 1.807) is 23.1 Å². The summed E-state index contributed by atoms with van der Waals surface area (Å²) >= 11 is 0. The third-order valence-corrected chi connectivity index (χ3v) is 8.42. The van der Waals surface area contributed by atoms with Crippen molar-refractivity contribution in [1.82, 2.24) is 0 Å². The Kier molecular flexibility index (Phi) is 7.11.